The van der Waals surface area contributed by atoms with Crippen LogP contribution in [0.3, 0.4) is 0 Å². The number of aliphatic carboxylic acids is 1. The minimum Gasteiger partial charge on any atom is -0.478 e. The smallest absolute Gasteiger partial charge is 0.348 e. The second kappa shape index (κ2) is 4.68. The molecule has 0 bridgehead atoms. The Morgan fingerprint density at radius 3 is 2.39 bits per heavy atom. The van der Waals surface area contributed by atoms with Gasteiger partial charge in [0.25, 0.3) is 5.91 Å². The summed E-state index contributed by atoms with van der Waals surface area (Å²) < 4.78 is 5.62. The highest BCUT2D eigenvalue weighted by molar-refractivity contribution is 5.95. The van der Waals surface area contributed by atoms with Crippen molar-refractivity contribution in [2.24, 2.45) is 5.73 Å². The summed E-state index contributed by atoms with van der Waals surface area (Å²) in [6.45, 7) is 0. The fourth-order valence-electron chi connectivity index (χ4n) is 2.28. The maximum absolute atomic E-state index is 11.4. The largest absolute Gasteiger partial charge is 0.478 e. The van der Waals surface area contributed by atoms with Gasteiger partial charge in [0.15, 0.2) is 0 Å². The van der Waals surface area contributed by atoms with E-state index in [4.69, 9.17) is 10.5 Å². The molecule has 5 nitrogen and oxygen atoms in total. The molecule has 1 aromatic carbocycles. The van der Waals surface area contributed by atoms with Crippen LogP contribution in [0.25, 0.3) is 0 Å². The van der Waals surface area contributed by atoms with Crippen molar-refractivity contribution in [1.82, 2.24) is 0 Å². The summed E-state index contributed by atoms with van der Waals surface area (Å²) in [5.41, 5.74) is 4.24. The molecule has 1 aliphatic carbocycles. The summed E-state index contributed by atoms with van der Waals surface area (Å²) in [7, 11) is 0. The van der Waals surface area contributed by atoms with Crippen LogP contribution >= 0.6 is 0 Å². The van der Waals surface area contributed by atoms with Gasteiger partial charge in [-0.2, -0.15) is 0 Å². The Labute approximate surface area is 105 Å². The molecule has 1 fully saturated rings. The van der Waals surface area contributed by atoms with Crippen LogP contribution in [0.5, 0.6) is 5.75 Å². The van der Waals surface area contributed by atoms with Crippen LogP contribution in [0.2, 0.25) is 0 Å². The average molecular weight is 249 g/mol. The Bertz CT molecular complexity index is 478. The normalized spacial score (nSPS) is 17.3. The Balaban J connectivity index is 2.33. The molecule has 1 aromatic rings. The molecule has 3 N–H and O–H groups in total. The third kappa shape index (κ3) is 2.16. The maximum atomic E-state index is 11.4. The number of nitrogens with two attached hydrogens (primary N) is 1. The zero-order valence-corrected chi connectivity index (χ0v) is 9.89. The minimum absolute atomic E-state index is 0.213. The molecule has 18 heavy (non-hydrogen) atoms. The highest BCUT2D eigenvalue weighted by atomic mass is 16.5. The number of para-hydroxylation sites is 1. The number of rotatable bonds is 4. The summed E-state index contributed by atoms with van der Waals surface area (Å²) in [5.74, 6) is -1.36. The highest BCUT2D eigenvalue weighted by Gasteiger charge is 2.44. The zero-order valence-electron chi connectivity index (χ0n) is 9.89. The van der Waals surface area contributed by atoms with Crippen molar-refractivity contribution in [3.63, 3.8) is 0 Å². The van der Waals surface area contributed by atoms with Crippen LogP contribution in [0, 0.1) is 0 Å². The molecule has 0 radical (unpaired) electrons. The molecule has 0 heterocycles. The summed E-state index contributed by atoms with van der Waals surface area (Å²) in [6.07, 6.45) is 2.53. The number of amides is 1. The summed E-state index contributed by atoms with van der Waals surface area (Å²) in [5, 5.41) is 9.31. The second-order valence-electron chi connectivity index (χ2n) is 4.47. The van der Waals surface area contributed by atoms with Crippen molar-refractivity contribution in [3.8, 4) is 5.75 Å². The number of primary amides is 1. The van der Waals surface area contributed by atoms with E-state index in [1.165, 1.54) is 6.07 Å². The molecule has 0 aliphatic heterocycles. The molecule has 1 aliphatic rings. The number of hydrogen-bond donors (Lipinski definition) is 2. The van der Waals surface area contributed by atoms with Gasteiger partial charge in [0.2, 0.25) is 5.60 Å². The third-order valence-corrected chi connectivity index (χ3v) is 3.26. The molecule has 1 amide bonds. The standard InChI is InChI=1S/C13H15NO4/c14-11(15)9-5-1-2-6-10(9)18-13(12(16)17)7-3-4-8-13/h1-2,5-6H,3-4,7-8H2,(H2,14,15)(H,16,17). The molecule has 1 saturated carbocycles. The second-order valence-corrected chi connectivity index (χ2v) is 4.47. The van der Waals surface area contributed by atoms with Crippen LogP contribution in [0.4, 0.5) is 0 Å². The Morgan fingerprint density at radius 1 is 1.22 bits per heavy atom. The van der Waals surface area contributed by atoms with Gasteiger partial charge in [0, 0.05) is 0 Å². The molecular weight excluding hydrogens is 234 g/mol. The van der Waals surface area contributed by atoms with Crippen LogP contribution in [0.15, 0.2) is 24.3 Å². The van der Waals surface area contributed by atoms with E-state index in [9.17, 15) is 14.7 Å². The zero-order chi connectivity index (χ0) is 13.2. The van der Waals surface area contributed by atoms with Crippen LogP contribution in [0.1, 0.15) is 36.0 Å². The van der Waals surface area contributed by atoms with E-state index in [1.807, 2.05) is 0 Å². The quantitative estimate of drug-likeness (QED) is 0.847. The van der Waals surface area contributed by atoms with E-state index in [-0.39, 0.29) is 11.3 Å². The topological polar surface area (TPSA) is 89.6 Å². The predicted octanol–water partition coefficient (Wildman–Crippen LogP) is 1.56. The van der Waals surface area contributed by atoms with Crippen LogP contribution < -0.4 is 10.5 Å². The number of ether oxygens (including phenoxy) is 1. The van der Waals surface area contributed by atoms with Gasteiger partial charge >= 0.3 is 5.97 Å². The number of carbonyl (C=O) groups is 2. The van der Waals surface area contributed by atoms with Crippen LogP contribution in [-0.4, -0.2) is 22.6 Å². The SMILES string of the molecule is NC(=O)c1ccccc1OC1(C(=O)O)CCCC1. The van der Waals surface area contributed by atoms with Crippen molar-refractivity contribution in [2.45, 2.75) is 31.3 Å². The van der Waals surface area contributed by atoms with Gasteiger partial charge in [-0.15, -0.1) is 0 Å². The molecule has 5 heteroatoms. The molecule has 0 spiro atoms. The number of carboxylic acids is 1. The monoisotopic (exact) mass is 249 g/mol. The van der Waals surface area contributed by atoms with E-state index < -0.39 is 17.5 Å². The van der Waals surface area contributed by atoms with Crippen molar-refractivity contribution in [3.05, 3.63) is 29.8 Å². The third-order valence-electron chi connectivity index (χ3n) is 3.26. The molecule has 0 atom stereocenters. The van der Waals surface area contributed by atoms with E-state index in [1.54, 1.807) is 18.2 Å². The van der Waals surface area contributed by atoms with Gasteiger partial charge in [-0.3, -0.25) is 4.79 Å². The lowest BCUT2D eigenvalue weighted by atomic mass is 10.0. The molecule has 0 aromatic heterocycles. The molecular formula is C13H15NO4. The summed E-state index contributed by atoms with van der Waals surface area (Å²) in [6, 6.07) is 6.45. The molecule has 96 valence electrons. The number of benzene rings is 1. The molecule has 0 unspecified atom stereocenters. The van der Waals surface area contributed by atoms with Gasteiger partial charge in [-0.25, -0.2) is 4.79 Å². The lowest BCUT2D eigenvalue weighted by Crippen LogP contribution is -2.42. The lowest BCUT2D eigenvalue weighted by Gasteiger charge is -2.26. The van der Waals surface area contributed by atoms with Gasteiger partial charge in [-0.1, -0.05) is 12.1 Å². The number of hydrogen-bond acceptors (Lipinski definition) is 3. The van der Waals surface area contributed by atoms with Crippen molar-refractivity contribution < 1.29 is 19.4 Å². The van der Waals surface area contributed by atoms with E-state index >= 15 is 0 Å². The first-order valence-corrected chi connectivity index (χ1v) is 5.86. The maximum Gasteiger partial charge on any atom is 0.348 e. The number of carbonyl (C=O) groups excluding carboxylic acids is 1. The van der Waals surface area contributed by atoms with Crippen molar-refractivity contribution in [2.75, 3.05) is 0 Å². The van der Waals surface area contributed by atoms with E-state index in [0.29, 0.717) is 12.8 Å². The van der Waals surface area contributed by atoms with Gasteiger partial charge in [0.1, 0.15) is 5.75 Å². The fourth-order valence-corrected chi connectivity index (χ4v) is 2.28. The predicted molar refractivity (Wildman–Crippen MR) is 64.4 cm³/mol. The average Bonchev–Trinajstić information content (AvgIpc) is 2.79. The Kier molecular flexibility index (Phi) is 3.23. The molecule has 0 saturated heterocycles. The van der Waals surface area contributed by atoms with E-state index in [0.717, 1.165) is 12.8 Å². The van der Waals surface area contributed by atoms with Gasteiger partial charge < -0.3 is 15.6 Å². The lowest BCUT2D eigenvalue weighted by molar-refractivity contribution is -0.154. The first-order chi connectivity index (χ1) is 8.55. The van der Waals surface area contributed by atoms with E-state index in [2.05, 4.69) is 0 Å². The highest BCUT2D eigenvalue weighted by Crippen LogP contribution is 2.35. The first kappa shape index (κ1) is 12.4. The first-order valence-electron chi connectivity index (χ1n) is 5.86. The Hall–Kier alpha value is -2.04. The summed E-state index contributed by atoms with van der Waals surface area (Å²) in [4.78, 5) is 22.6. The van der Waals surface area contributed by atoms with Gasteiger partial charge in [0.05, 0.1) is 5.56 Å². The Morgan fingerprint density at radius 2 is 1.83 bits per heavy atom. The van der Waals surface area contributed by atoms with Crippen LogP contribution in [-0.2, 0) is 4.79 Å². The van der Waals surface area contributed by atoms with Gasteiger partial charge in [-0.05, 0) is 37.8 Å². The fraction of sp³-hybridized carbons (Fsp3) is 0.385. The van der Waals surface area contributed by atoms with Crippen molar-refractivity contribution in [1.29, 1.82) is 0 Å². The summed E-state index contributed by atoms with van der Waals surface area (Å²) >= 11 is 0. The van der Waals surface area contributed by atoms with Crippen molar-refractivity contribution >= 4 is 11.9 Å². The molecule has 2 rings (SSSR count). The minimum atomic E-state index is -1.22. The number of carboxylic acid groups (broad SMARTS) is 1.